The van der Waals surface area contributed by atoms with Crippen LogP contribution in [0.5, 0.6) is 0 Å². The van der Waals surface area contributed by atoms with Gasteiger partial charge in [0.05, 0.1) is 17.4 Å². The van der Waals surface area contributed by atoms with Crippen LogP contribution in [-0.4, -0.2) is 16.1 Å². The Bertz CT molecular complexity index is 547. The molecule has 1 atom stereocenters. The van der Waals surface area contributed by atoms with E-state index in [2.05, 4.69) is 15.5 Å². The highest BCUT2D eigenvalue weighted by molar-refractivity contribution is 5.97. The van der Waals surface area contributed by atoms with Crippen molar-refractivity contribution in [1.82, 2.24) is 15.5 Å². The molecule has 0 spiro atoms. The van der Waals surface area contributed by atoms with Gasteiger partial charge in [0.1, 0.15) is 0 Å². The van der Waals surface area contributed by atoms with E-state index in [0.717, 1.165) is 5.56 Å². The van der Waals surface area contributed by atoms with E-state index in [1.165, 1.54) is 0 Å². The molecule has 1 amide bonds. The first-order valence-corrected chi connectivity index (χ1v) is 5.76. The van der Waals surface area contributed by atoms with Gasteiger partial charge in [-0.1, -0.05) is 30.3 Å². The number of nitrogen functional groups attached to an aromatic ring is 1. The number of aromatic amines is 1. The number of nitrogens with two attached hydrogens (primary N) is 1. The first kappa shape index (κ1) is 12.2. The summed E-state index contributed by atoms with van der Waals surface area (Å²) in [7, 11) is 0. The maximum Gasteiger partial charge on any atom is 0.274 e. The Kier molecular flexibility index (Phi) is 3.32. The fourth-order valence-electron chi connectivity index (χ4n) is 1.70. The largest absolute Gasteiger partial charge is 0.395 e. The number of hydrogen-bond donors (Lipinski definition) is 3. The molecule has 2 aromatic rings. The summed E-state index contributed by atoms with van der Waals surface area (Å²) in [6.45, 7) is 3.70. The lowest BCUT2D eigenvalue weighted by atomic mass is 10.1. The maximum atomic E-state index is 12.0. The predicted molar refractivity (Wildman–Crippen MR) is 70.1 cm³/mol. The number of nitrogens with zero attached hydrogens (tertiary/aromatic N) is 1. The van der Waals surface area contributed by atoms with Crippen molar-refractivity contribution in [3.8, 4) is 0 Å². The number of amides is 1. The van der Waals surface area contributed by atoms with Crippen molar-refractivity contribution in [3.63, 3.8) is 0 Å². The minimum atomic E-state index is -0.270. The molecule has 0 unspecified atom stereocenters. The van der Waals surface area contributed by atoms with Gasteiger partial charge >= 0.3 is 0 Å². The van der Waals surface area contributed by atoms with E-state index >= 15 is 0 Å². The monoisotopic (exact) mass is 244 g/mol. The van der Waals surface area contributed by atoms with Crippen molar-refractivity contribution in [2.75, 3.05) is 5.73 Å². The maximum absolute atomic E-state index is 12.0. The van der Waals surface area contributed by atoms with Crippen LogP contribution in [0.3, 0.4) is 0 Å². The normalized spacial score (nSPS) is 12.1. The molecule has 0 aliphatic heterocycles. The zero-order chi connectivity index (χ0) is 13.1. The number of nitrogens with one attached hydrogen (secondary N) is 2. The summed E-state index contributed by atoms with van der Waals surface area (Å²) in [5.41, 5.74) is 8.15. The van der Waals surface area contributed by atoms with Crippen LogP contribution in [0.4, 0.5) is 5.69 Å². The van der Waals surface area contributed by atoms with Crippen LogP contribution in [-0.2, 0) is 0 Å². The Balaban J connectivity index is 2.11. The van der Waals surface area contributed by atoms with Gasteiger partial charge in [-0.25, -0.2) is 0 Å². The molecular formula is C13H16N4O. The number of benzene rings is 1. The molecule has 94 valence electrons. The van der Waals surface area contributed by atoms with Crippen molar-refractivity contribution in [2.24, 2.45) is 0 Å². The highest BCUT2D eigenvalue weighted by Crippen LogP contribution is 2.15. The van der Waals surface area contributed by atoms with Gasteiger partial charge in [-0.15, -0.1) is 0 Å². The first-order valence-electron chi connectivity index (χ1n) is 5.76. The van der Waals surface area contributed by atoms with Gasteiger partial charge in [0.2, 0.25) is 0 Å². The molecule has 2 rings (SSSR count). The SMILES string of the molecule is Cc1[nH]nc(C(=O)N[C@@H](C)c2ccccc2)c1N. The van der Waals surface area contributed by atoms with E-state index in [9.17, 15) is 4.79 Å². The lowest BCUT2D eigenvalue weighted by Crippen LogP contribution is -2.27. The summed E-state index contributed by atoms with van der Waals surface area (Å²) in [5.74, 6) is -0.270. The molecule has 4 N–H and O–H groups in total. The van der Waals surface area contributed by atoms with E-state index in [1.54, 1.807) is 6.92 Å². The van der Waals surface area contributed by atoms with Gasteiger partial charge in [0, 0.05) is 0 Å². The number of H-pyrrole nitrogens is 1. The van der Waals surface area contributed by atoms with E-state index in [1.807, 2.05) is 37.3 Å². The van der Waals surface area contributed by atoms with E-state index in [0.29, 0.717) is 11.4 Å². The fraction of sp³-hybridized carbons (Fsp3) is 0.231. The molecule has 1 aromatic carbocycles. The Labute approximate surface area is 105 Å². The Morgan fingerprint density at radius 2 is 2.06 bits per heavy atom. The van der Waals surface area contributed by atoms with Crippen LogP contribution >= 0.6 is 0 Å². The standard InChI is InChI=1S/C13H16N4O/c1-8(10-6-4-3-5-7-10)15-13(18)12-11(14)9(2)16-17-12/h3-8H,14H2,1-2H3,(H,15,18)(H,16,17)/t8-/m0/s1. The third-order valence-electron chi connectivity index (χ3n) is 2.86. The summed E-state index contributed by atoms with van der Waals surface area (Å²) >= 11 is 0. The molecule has 1 heterocycles. The summed E-state index contributed by atoms with van der Waals surface area (Å²) < 4.78 is 0. The second-order valence-electron chi connectivity index (χ2n) is 4.22. The lowest BCUT2D eigenvalue weighted by Gasteiger charge is -2.13. The van der Waals surface area contributed by atoms with Crippen LogP contribution in [0.25, 0.3) is 0 Å². The first-order chi connectivity index (χ1) is 8.59. The van der Waals surface area contributed by atoms with Gasteiger partial charge in [-0.2, -0.15) is 5.10 Å². The highest BCUT2D eigenvalue weighted by Gasteiger charge is 2.17. The van der Waals surface area contributed by atoms with Gasteiger partial charge < -0.3 is 11.1 Å². The van der Waals surface area contributed by atoms with Crippen molar-refractivity contribution in [2.45, 2.75) is 19.9 Å². The average Bonchev–Trinajstić information content (AvgIpc) is 2.71. The van der Waals surface area contributed by atoms with Crippen LogP contribution in [0.1, 0.15) is 34.7 Å². The number of aromatic nitrogens is 2. The zero-order valence-electron chi connectivity index (χ0n) is 10.4. The fourth-order valence-corrected chi connectivity index (χ4v) is 1.70. The highest BCUT2D eigenvalue weighted by atomic mass is 16.2. The summed E-state index contributed by atoms with van der Waals surface area (Å²) in [6, 6.07) is 9.65. The third kappa shape index (κ3) is 2.34. The van der Waals surface area contributed by atoms with Crippen LogP contribution in [0.2, 0.25) is 0 Å². The number of hydrogen-bond acceptors (Lipinski definition) is 3. The minimum absolute atomic E-state index is 0.0879. The molecule has 1 aromatic heterocycles. The molecule has 0 saturated carbocycles. The lowest BCUT2D eigenvalue weighted by molar-refractivity contribution is 0.0935. The van der Waals surface area contributed by atoms with E-state index in [-0.39, 0.29) is 17.6 Å². The molecule has 0 radical (unpaired) electrons. The third-order valence-corrected chi connectivity index (χ3v) is 2.86. The van der Waals surface area contributed by atoms with Crippen molar-refractivity contribution in [1.29, 1.82) is 0 Å². The second kappa shape index (κ2) is 4.91. The molecular weight excluding hydrogens is 228 g/mol. The van der Waals surface area contributed by atoms with Crippen LogP contribution < -0.4 is 11.1 Å². The Morgan fingerprint density at radius 3 is 2.61 bits per heavy atom. The molecule has 5 heteroatoms. The van der Waals surface area contributed by atoms with Gasteiger partial charge in [0.15, 0.2) is 5.69 Å². The van der Waals surface area contributed by atoms with E-state index < -0.39 is 0 Å². The van der Waals surface area contributed by atoms with Crippen LogP contribution in [0.15, 0.2) is 30.3 Å². The van der Waals surface area contributed by atoms with Gasteiger partial charge in [-0.3, -0.25) is 9.89 Å². The smallest absolute Gasteiger partial charge is 0.274 e. The summed E-state index contributed by atoms with van der Waals surface area (Å²) in [4.78, 5) is 12.0. The second-order valence-corrected chi connectivity index (χ2v) is 4.22. The number of aryl methyl sites for hydroxylation is 1. The zero-order valence-corrected chi connectivity index (χ0v) is 10.4. The minimum Gasteiger partial charge on any atom is -0.395 e. The van der Waals surface area contributed by atoms with Crippen molar-refractivity contribution >= 4 is 11.6 Å². The molecule has 0 saturated heterocycles. The van der Waals surface area contributed by atoms with Crippen LogP contribution in [0, 0.1) is 6.92 Å². The molecule has 5 nitrogen and oxygen atoms in total. The van der Waals surface area contributed by atoms with Crippen molar-refractivity contribution < 1.29 is 4.79 Å². The number of carbonyl (C=O) groups excluding carboxylic acids is 1. The van der Waals surface area contributed by atoms with Gasteiger partial charge in [0.25, 0.3) is 5.91 Å². The molecule has 0 fully saturated rings. The average molecular weight is 244 g/mol. The molecule has 0 bridgehead atoms. The topological polar surface area (TPSA) is 83.8 Å². The number of carbonyl (C=O) groups is 1. The van der Waals surface area contributed by atoms with Gasteiger partial charge in [-0.05, 0) is 19.4 Å². The Morgan fingerprint density at radius 1 is 1.39 bits per heavy atom. The number of anilines is 1. The Hall–Kier alpha value is -2.30. The van der Waals surface area contributed by atoms with E-state index in [4.69, 9.17) is 5.73 Å². The van der Waals surface area contributed by atoms with Crippen molar-refractivity contribution in [3.05, 3.63) is 47.3 Å². The predicted octanol–water partition coefficient (Wildman–Crippen LogP) is 1.79. The number of rotatable bonds is 3. The molecule has 18 heavy (non-hydrogen) atoms. The molecule has 0 aliphatic rings. The summed E-state index contributed by atoms with van der Waals surface area (Å²) in [6.07, 6.45) is 0. The summed E-state index contributed by atoms with van der Waals surface area (Å²) in [5, 5.41) is 9.46. The molecule has 0 aliphatic carbocycles. The quantitative estimate of drug-likeness (QED) is 0.769.